The SMILES string of the molecule is ClC1=C(Cl)N(Cc2ccc3ccccc3n2)[C@H](NCc2ccc3ccccc3c2)C1. The van der Waals surface area contributed by atoms with Crippen LogP contribution in [0.15, 0.2) is 89.1 Å². The van der Waals surface area contributed by atoms with Crippen molar-refractivity contribution in [1.29, 1.82) is 0 Å². The second-order valence-electron chi connectivity index (χ2n) is 7.60. The maximum atomic E-state index is 6.56. The maximum absolute atomic E-state index is 6.56. The van der Waals surface area contributed by atoms with Gasteiger partial charge in [-0.05, 0) is 34.5 Å². The molecule has 3 aromatic carbocycles. The van der Waals surface area contributed by atoms with Crippen LogP contribution < -0.4 is 5.32 Å². The lowest BCUT2D eigenvalue weighted by Crippen LogP contribution is -2.40. The van der Waals surface area contributed by atoms with Gasteiger partial charge in [-0.1, -0.05) is 83.9 Å². The molecule has 3 nitrogen and oxygen atoms in total. The fraction of sp³-hybridized carbons (Fsp3) is 0.160. The molecule has 0 fully saturated rings. The number of nitrogens with one attached hydrogen (secondary N) is 1. The molecule has 0 aliphatic carbocycles. The summed E-state index contributed by atoms with van der Waals surface area (Å²) in [6.07, 6.45) is 0.714. The van der Waals surface area contributed by atoms with Crippen LogP contribution in [0.4, 0.5) is 0 Å². The van der Waals surface area contributed by atoms with E-state index in [1.165, 1.54) is 16.3 Å². The highest BCUT2D eigenvalue weighted by molar-refractivity contribution is 6.39. The van der Waals surface area contributed by atoms with Gasteiger partial charge in [0.15, 0.2) is 0 Å². The number of hydrogen-bond donors (Lipinski definition) is 1. The first-order valence-corrected chi connectivity index (χ1v) is 10.8. The molecule has 1 aromatic heterocycles. The normalized spacial score (nSPS) is 16.7. The van der Waals surface area contributed by atoms with Crippen LogP contribution in [0.2, 0.25) is 0 Å². The van der Waals surface area contributed by atoms with Gasteiger partial charge in [-0.15, -0.1) is 0 Å². The number of pyridine rings is 1. The molecular formula is C25H21Cl2N3. The zero-order valence-corrected chi connectivity index (χ0v) is 17.9. The van der Waals surface area contributed by atoms with Gasteiger partial charge in [0.2, 0.25) is 0 Å². The Balaban J connectivity index is 1.33. The second-order valence-corrected chi connectivity index (χ2v) is 8.42. The van der Waals surface area contributed by atoms with E-state index in [1.54, 1.807) is 0 Å². The molecule has 5 heteroatoms. The van der Waals surface area contributed by atoms with E-state index in [1.807, 2.05) is 18.2 Å². The topological polar surface area (TPSA) is 28.2 Å². The zero-order chi connectivity index (χ0) is 20.5. The summed E-state index contributed by atoms with van der Waals surface area (Å²) >= 11 is 13.0. The van der Waals surface area contributed by atoms with E-state index in [4.69, 9.17) is 28.2 Å². The van der Waals surface area contributed by atoms with Crippen molar-refractivity contribution in [3.8, 4) is 0 Å². The second kappa shape index (κ2) is 8.27. The Kier molecular flexibility index (Phi) is 5.34. The molecule has 0 saturated carbocycles. The van der Waals surface area contributed by atoms with Crippen LogP contribution in [-0.4, -0.2) is 16.0 Å². The molecule has 0 amide bonds. The van der Waals surface area contributed by atoms with Crippen LogP contribution in [0, 0.1) is 0 Å². The lowest BCUT2D eigenvalue weighted by Gasteiger charge is -2.28. The molecule has 0 spiro atoms. The predicted molar refractivity (Wildman–Crippen MR) is 125 cm³/mol. The summed E-state index contributed by atoms with van der Waals surface area (Å²) < 4.78 is 0. The van der Waals surface area contributed by atoms with Crippen molar-refractivity contribution < 1.29 is 0 Å². The van der Waals surface area contributed by atoms with Gasteiger partial charge in [0.1, 0.15) is 5.16 Å². The van der Waals surface area contributed by atoms with Crippen LogP contribution in [0.1, 0.15) is 17.7 Å². The fourth-order valence-electron chi connectivity index (χ4n) is 3.97. The van der Waals surface area contributed by atoms with E-state index in [-0.39, 0.29) is 6.17 Å². The first-order valence-electron chi connectivity index (χ1n) is 10.0. The van der Waals surface area contributed by atoms with Crippen molar-refractivity contribution >= 4 is 44.9 Å². The fourth-order valence-corrected chi connectivity index (χ4v) is 4.48. The quantitative estimate of drug-likeness (QED) is 0.371. The van der Waals surface area contributed by atoms with Gasteiger partial charge < -0.3 is 4.90 Å². The van der Waals surface area contributed by atoms with Gasteiger partial charge in [0, 0.05) is 18.4 Å². The van der Waals surface area contributed by atoms with E-state index in [9.17, 15) is 0 Å². The van der Waals surface area contributed by atoms with Gasteiger partial charge in [-0.2, -0.15) is 0 Å². The standard InChI is InChI=1S/C25H21Cl2N3/c26-22-14-24(28-15-17-9-10-18-5-1-2-7-20(18)13-17)30(25(22)27)16-21-12-11-19-6-3-4-8-23(19)29-21/h1-13,24,28H,14-16H2/t24-/m0/s1. The summed E-state index contributed by atoms with van der Waals surface area (Å²) in [7, 11) is 0. The Hall–Kier alpha value is -2.59. The molecule has 1 N–H and O–H groups in total. The van der Waals surface area contributed by atoms with Crippen molar-refractivity contribution in [2.45, 2.75) is 25.7 Å². The number of nitrogens with zero attached hydrogens (tertiary/aromatic N) is 2. The Labute approximate surface area is 185 Å². The van der Waals surface area contributed by atoms with Crippen molar-refractivity contribution in [2.24, 2.45) is 0 Å². The van der Waals surface area contributed by atoms with Crippen molar-refractivity contribution in [3.63, 3.8) is 0 Å². The third-order valence-electron chi connectivity index (χ3n) is 5.57. The van der Waals surface area contributed by atoms with Crippen LogP contribution in [0.25, 0.3) is 21.7 Å². The average molecular weight is 434 g/mol. The number of rotatable bonds is 5. The number of hydrogen-bond acceptors (Lipinski definition) is 3. The van der Waals surface area contributed by atoms with E-state index in [2.05, 4.69) is 70.9 Å². The number of halogens is 2. The molecule has 4 aromatic rings. The zero-order valence-electron chi connectivity index (χ0n) is 16.4. The van der Waals surface area contributed by atoms with Crippen molar-refractivity contribution in [2.75, 3.05) is 0 Å². The molecule has 1 aliphatic heterocycles. The molecule has 0 bridgehead atoms. The van der Waals surface area contributed by atoms with E-state index in [0.717, 1.165) is 23.1 Å². The highest BCUT2D eigenvalue weighted by atomic mass is 35.5. The van der Waals surface area contributed by atoms with E-state index in [0.29, 0.717) is 23.2 Å². The summed E-state index contributed by atoms with van der Waals surface area (Å²) in [5.74, 6) is 0. The molecular weight excluding hydrogens is 413 g/mol. The van der Waals surface area contributed by atoms with Gasteiger partial charge in [0.05, 0.1) is 29.0 Å². The Bertz CT molecular complexity index is 1250. The lowest BCUT2D eigenvalue weighted by molar-refractivity contribution is 0.237. The molecule has 1 atom stereocenters. The van der Waals surface area contributed by atoms with E-state index >= 15 is 0 Å². The minimum atomic E-state index is 0.0322. The van der Waals surface area contributed by atoms with Gasteiger partial charge in [-0.3, -0.25) is 10.3 Å². The molecule has 0 radical (unpaired) electrons. The molecule has 30 heavy (non-hydrogen) atoms. The average Bonchev–Trinajstić information content (AvgIpc) is 3.05. The maximum Gasteiger partial charge on any atom is 0.121 e. The van der Waals surface area contributed by atoms with Crippen LogP contribution in [-0.2, 0) is 13.1 Å². The predicted octanol–water partition coefficient (Wildman–Crippen LogP) is 6.36. The summed E-state index contributed by atoms with van der Waals surface area (Å²) in [6, 6.07) is 27.2. The summed E-state index contributed by atoms with van der Waals surface area (Å²) in [4.78, 5) is 6.89. The van der Waals surface area contributed by atoms with Crippen LogP contribution in [0.3, 0.4) is 0 Å². The van der Waals surface area contributed by atoms with Gasteiger partial charge in [0.25, 0.3) is 0 Å². The van der Waals surface area contributed by atoms with Gasteiger partial charge >= 0.3 is 0 Å². The molecule has 0 saturated heterocycles. The van der Waals surface area contributed by atoms with Gasteiger partial charge in [-0.25, -0.2) is 0 Å². The first kappa shape index (κ1) is 19.4. The summed E-state index contributed by atoms with van der Waals surface area (Å²) in [6.45, 7) is 1.35. The summed E-state index contributed by atoms with van der Waals surface area (Å²) in [5, 5.41) is 8.53. The lowest BCUT2D eigenvalue weighted by atomic mass is 10.1. The largest absolute Gasteiger partial charge is 0.340 e. The van der Waals surface area contributed by atoms with Crippen LogP contribution >= 0.6 is 23.2 Å². The monoisotopic (exact) mass is 433 g/mol. The third-order valence-corrected chi connectivity index (χ3v) is 6.44. The first-order chi connectivity index (χ1) is 14.7. The van der Waals surface area contributed by atoms with Crippen LogP contribution in [0.5, 0.6) is 0 Å². The Morgan fingerprint density at radius 3 is 2.47 bits per heavy atom. The number of aromatic nitrogens is 1. The highest BCUT2D eigenvalue weighted by Crippen LogP contribution is 2.34. The molecule has 1 aliphatic rings. The Morgan fingerprint density at radius 1 is 0.867 bits per heavy atom. The van der Waals surface area contributed by atoms with Crippen molar-refractivity contribution in [1.82, 2.24) is 15.2 Å². The molecule has 150 valence electrons. The number of fused-ring (bicyclic) bond motifs is 2. The highest BCUT2D eigenvalue weighted by Gasteiger charge is 2.30. The van der Waals surface area contributed by atoms with E-state index < -0.39 is 0 Å². The number of para-hydroxylation sites is 1. The van der Waals surface area contributed by atoms with Crippen molar-refractivity contribution in [3.05, 3.63) is 100 Å². The minimum absolute atomic E-state index is 0.0322. The smallest absolute Gasteiger partial charge is 0.121 e. The molecule has 5 rings (SSSR count). The molecule has 0 unspecified atom stereocenters. The third kappa shape index (κ3) is 3.89. The number of benzene rings is 3. The minimum Gasteiger partial charge on any atom is -0.340 e. The summed E-state index contributed by atoms with van der Waals surface area (Å²) in [5.41, 5.74) is 3.19. The Morgan fingerprint density at radius 2 is 1.60 bits per heavy atom. The molecule has 2 heterocycles.